The Morgan fingerprint density at radius 3 is 2.11 bits per heavy atom. The van der Waals surface area contributed by atoms with Gasteiger partial charge in [-0.1, -0.05) is 6.92 Å². The standard InChI is InChI=1S/C4H12NO3P/c1-3-4(5-2)9(6,7)8/h4-5H,3H2,1-2H3,(H2,6,7,8). The number of hydrogen-bond acceptors (Lipinski definition) is 2. The van der Waals surface area contributed by atoms with E-state index in [9.17, 15) is 4.57 Å². The fourth-order valence-electron chi connectivity index (χ4n) is 0.610. The maximum Gasteiger partial charge on any atom is 0.342 e. The fourth-order valence-corrected chi connectivity index (χ4v) is 1.42. The zero-order valence-electron chi connectivity index (χ0n) is 5.53. The summed E-state index contributed by atoms with van der Waals surface area (Å²) >= 11 is 0. The quantitative estimate of drug-likeness (QED) is 0.503. The van der Waals surface area contributed by atoms with E-state index in [1.54, 1.807) is 6.92 Å². The summed E-state index contributed by atoms with van der Waals surface area (Å²) in [7, 11) is -2.35. The van der Waals surface area contributed by atoms with E-state index in [0.29, 0.717) is 6.42 Å². The molecule has 5 heteroatoms. The summed E-state index contributed by atoms with van der Waals surface area (Å²) in [5.41, 5.74) is 0. The third-order valence-corrected chi connectivity index (χ3v) is 2.56. The Morgan fingerprint density at radius 2 is 2.11 bits per heavy atom. The van der Waals surface area contributed by atoms with Gasteiger partial charge in [-0.15, -0.1) is 0 Å². The molecule has 1 atom stereocenters. The van der Waals surface area contributed by atoms with Crippen molar-refractivity contribution in [2.24, 2.45) is 0 Å². The van der Waals surface area contributed by atoms with Gasteiger partial charge in [0, 0.05) is 0 Å². The highest BCUT2D eigenvalue weighted by Gasteiger charge is 2.24. The highest BCUT2D eigenvalue weighted by molar-refractivity contribution is 7.52. The molecule has 56 valence electrons. The molecule has 0 radical (unpaired) electrons. The van der Waals surface area contributed by atoms with E-state index >= 15 is 0 Å². The molecule has 0 bridgehead atoms. The molecule has 0 rings (SSSR count). The van der Waals surface area contributed by atoms with Gasteiger partial charge in [-0.25, -0.2) is 0 Å². The fraction of sp³-hybridized carbons (Fsp3) is 1.00. The molecular formula is C4H12NO3P. The van der Waals surface area contributed by atoms with Gasteiger partial charge in [-0.2, -0.15) is 0 Å². The summed E-state index contributed by atoms with van der Waals surface area (Å²) in [5, 5.41) is 2.53. The van der Waals surface area contributed by atoms with Crippen molar-refractivity contribution < 1.29 is 14.4 Å². The van der Waals surface area contributed by atoms with Crippen molar-refractivity contribution in [3.05, 3.63) is 0 Å². The lowest BCUT2D eigenvalue weighted by molar-refractivity contribution is 0.348. The maximum absolute atomic E-state index is 10.4. The van der Waals surface area contributed by atoms with Crippen LogP contribution in [0.15, 0.2) is 0 Å². The molecule has 0 aromatic carbocycles. The smallest absolute Gasteiger partial charge is 0.323 e. The van der Waals surface area contributed by atoms with Crippen LogP contribution >= 0.6 is 7.60 Å². The lowest BCUT2D eigenvalue weighted by Crippen LogP contribution is -2.23. The van der Waals surface area contributed by atoms with Crippen LogP contribution in [-0.2, 0) is 4.57 Å². The monoisotopic (exact) mass is 153 g/mol. The third-order valence-electron chi connectivity index (χ3n) is 1.13. The summed E-state index contributed by atoms with van der Waals surface area (Å²) < 4.78 is 10.4. The molecule has 0 aliphatic heterocycles. The topological polar surface area (TPSA) is 69.6 Å². The summed E-state index contributed by atoms with van der Waals surface area (Å²) in [6.07, 6.45) is 0.445. The molecular weight excluding hydrogens is 141 g/mol. The molecule has 9 heavy (non-hydrogen) atoms. The largest absolute Gasteiger partial charge is 0.342 e. The molecule has 0 aromatic rings. The average molecular weight is 153 g/mol. The Bertz CT molecular complexity index is 117. The Labute approximate surface area is 54.4 Å². The number of hydrogen-bond donors (Lipinski definition) is 3. The highest BCUT2D eigenvalue weighted by atomic mass is 31.2. The Balaban J connectivity index is 3.96. The predicted octanol–water partition coefficient (Wildman–Crippen LogP) is 0.120. The maximum atomic E-state index is 10.4. The van der Waals surface area contributed by atoms with Crippen LogP contribution in [0.4, 0.5) is 0 Å². The van der Waals surface area contributed by atoms with Crippen molar-refractivity contribution in [1.82, 2.24) is 5.32 Å². The first-order chi connectivity index (χ1) is 4.02. The van der Waals surface area contributed by atoms with Gasteiger partial charge in [-0.3, -0.25) is 4.57 Å². The van der Waals surface area contributed by atoms with Gasteiger partial charge in [0.25, 0.3) is 0 Å². The van der Waals surface area contributed by atoms with Crippen LogP contribution in [0.2, 0.25) is 0 Å². The zero-order chi connectivity index (χ0) is 7.49. The first-order valence-electron chi connectivity index (χ1n) is 2.74. The molecule has 3 N–H and O–H groups in total. The molecule has 0 aliphatic carbocycles. The van der Waals surface area contributed by atoms with Gasteiger partial charge in [-0.05, 0) is 13.5 Å². The van der Waals surface area contributed by atoms with E-state index in [2.05, 4.69) is 5.32 Å². The molecule has 4 nitrogen and oxygen atoms in total. The van der Waals surface area contributed by atoms with Crippen LogP contribution in [-0.4, -0.2) is 22.6 Å². The van der Waals surface area contributed by atoms with E-state index in [0.717, 1.165) is 0 Å². The van der Waals surface area contributed by atoms with Crippen LogP contribution in [0, 0.1) is 0 Å². The second-order valence-electron chi connectivity index (χ2n) is 1.80. The first-order valence-corrected chi connectivity index (χ1v) is 4.43. The normalized spacial score (nSPS) is 15.6. The van der Waals surface area contributed by atoms with Gasteiger partial charge in [0.15, 0.2) is 0 Å². The summed E-state index contributed by atoms with van der Waals surface area (Å²) in [6, 6.07) is 0. The van der Waals surface area contributed by atoms with E-state index in [1.165, 1.54) is 7.05 Å². The van der Waals surface area contributed by atoms with Gasteiger partial charge >= 0.3 is 7.60 Å². The molecule has 0 heterocycles. The molecule has 0 fully saturated rings. The second kappa shape index (κ2) is 3.32. The SMILES string of the molecule is CCC(NC)P(=O)(O)O. The average Bonchev–Trinajstić information content (AvgIpc) is 1.65. The van der Waals surface area contributed by atoms with E-state index < -0.39 is 13.4 Å². The third kappa shape index (κ3) is 2.96. The Hall–Kier alpha value is 0.110. The Morgan fingerprint density at radius 1 is 1.67 bits per heavy atom. The van der Waals surface area contributed by atoms with Crippen molar-refractivity contribution in [3.63, 3.8) is 0 Å². The van der Waals surface area contributed by atoms with Crippen LogP contribution in [0.25, 0.3) is 0 Å². The molecule has 0 saturated heterocycles. The highest BCUT2D eigenvalue weighted by Crippen LogP contribution is 2.40. The van der Waals surface area contributed by atoms with Crippen LogP contribution < -0.4 is 5.32 Å². The van der Waals surface area contributed by atoms with Crippen molar-refractivity contribution >= 4 is 7.60 Å². The lowest BCUT2D eigenvalue weighted by atomic mass is 10.5. The molecule has 0 spiro atoms. The Kier molecular flexibility index (Phi) is 3.36. The van der Waals surface area contributed by atoms with Crippen LogP contribution in [0.1, 0.15) is 13.3 Å². The van der Waals surface area contributed by atoms with Crippen molar-refractivity contribution in [3.8, 4) is 0 Å². The molecule has 0 aliphatic rings. The lowest BCUT2D eigenvalue weighted by Gasteiger charge is -2.14. The molecule has 0 aromatic heterocycles. The van der Waals surface area contributed by atoms with Crippen LogP contribution in [0.3, 0.4) is 0 Å². The van der Waals surface area contributed by atoms with Crippen LogP contribution in [0.5, 0.6) is 0 Å². The van der Waals surface area contributed by atoms with E-state index in [4.69, 9.17) is 9.79 Å². The minimum absolute atomic E-state index is 0.445. The summed E-state index contributed by atoms with van der Waals surface area (Å²) in [4.78, 5) is 17.1. The molecule has 0 amide bonds. The van der Waals surface area contributed by atoms with E-state index in [-0.39, 0.29) is 0 Å². The van der Waals surface area contributed by atoms with Crippen molar-refractivity contribution in [1.29, 1.82) is 0 Å². The number of nitrogens with one attached hydrogen (secondary N) is 1. The van der Waals surface area contributed by atoms with Gasteiger partial charge in [0.2, 0.25) is 0 Å². The van der Waals surface area contributed by atoms with Crippen molar-refractivity contribution in [2.45, 2.75) is 19.1 Å². The van der Waals surface area contributed by atoms with Gasteiger partial charge in [0.05, 0.1) is 0 Å². The summed E-state index contributed by atoms with van der Waals surface area (Å²) in [6.45, 7) is 1.72. The minimum Gasteiger partial charge on any atom is -0.323 e. The van der Waals surface area contributed by atoms with Gasteiger partial charge in [0.1, 0.15) is 5.78 Å². The first kappa shape index (κ1) is 9.11. The zero-order valence-corrected chi connectivity index (χ0v) is 6.43. The summed E-state index contributed by atoms with van der Waals surface area (Å²) in [5.74, 6) is -0.683. The van der Waals surface area contributed by atoms with Gasteiger partial charge < -0.3 is 15.1 Å². The number of rotatable bonds is 3. The molecule has 1 unspecified atom stereocenters. The minimum atomic E-state index is -3.89. The van der Waals surface area contributed by atoms with E-state index in [1.807, 2.05) is 0 Å². The molecule has 0 saturated carbocycles. The van der Waals surface area contributed by atoms with Crippen molar-refractivity contribution in [2.75, 3.05) is 7.05 Å². The second-order valence-corrected chi connectivity index (χ2v) is 3.60. The predicted molar refractivity (Wildman–Crippen MR) is 35.2 cm³/mol.